The summed E-state index contributed by atoms with van der Waals surface area (Å²) in [6, 6.07) is 5.35. The monoisotopic (exact) mass is 358 g/mol. The molecule has 1 aliphatic rings. The zero-order valence-corrected chi connectivity index (χ0v) is 15.1. The third-order valence-corrected chi connectivity index (χ3v) is 6.59. The number of benzene rings is 1. The van der Waals surface area contributed by atoms with Crippen LogP contribution in [0.5, 0.6) is 0 Å². The predicted octanol–water partition coefficient (Wildman–Crippen LogP) is 3.04. The fourth-order valence-corrected chi connectivity index (χ4v) is 4.54. The van der Waals surface area contributed by atoms with E-state index in [0.717, 1.165) is 5.56 Å². The summed E-state index contributed by atoms with van der Waals surface area (Å²) in [7, 11) is -3.26. The smallest absolute Gasteiger partial charge is 0.228 e. The van der Waals surface area contributed by atoms with Crippen molar-refractivity contribution in [3.8, 4) is 0 Å². The van der Waals surface area contributed by atoms with Crippen molar-refractivity contribution in [3.63, 3.8) is 0 Å². The van der Waals surface area contributed by atoms with E-state index in [2.05, 4.69) is 5.32 Å². The minimum atomic E-state index is -3.26. The molecule has 1 aromatic rings. The Kier molecular flexibility index (Phi) is 6.06. The summed E-state index contributed by atoms with van der Waals surface area (Å²) in [5, 5.41) is 3.48. The Balaban J connectivity index is 2.06. The molecule has 1 saturated heterocycles. The maximum absolute atomic E-state index is 12.5. The average Bonchev–Trinajstić information content (AvgIpc) is 2.52. The molecule has 0 saturated carbocycles. The summed E-state index contributed by atoms with van der Waals surface area (Å²) >= 11 is 6.06. The van der Waals surface area contributed by atoms with Crippen LogP contribution in [0.3, 0.4) is 0 Å². The van der Waals surface area contributed by atoms with Crippen LogP contribution in [0, 0.1) is 12.8 Å². The molecule has 5 nitrogen and oxygen atoms in total. The Morgan fingerprint density at radius 1 is 1.43 bits per heavy atom. The van der Waals surface area contributed by atoms with Gasteiger partial charge in [0.15, 0.2) is 0 Å². The van der Waals surface area contributed by atoms with Gasteiger partial charge < -0.3 is 5.32 Å². The van der Waals surface area contributed by atoms with E-state index in [9.17, 15) is 13.2 Å². The van der Waals surface area contributed by atoms with E-state index in [1.54, 1.807) is 18.2 Å². The summed E-state index contributed by atoms with van der Waals surface area (Å²) in [5.74, 6) is -0.338. The first-order valence-corrected chi connectivity index (χ1v) is 9.87. The van der Waals surface area contributed by atoms with Gasteiger partial charge >= 0.3 is 0 Å². The summed E-state index contributed by atoms with van der Waals surface area (Å²) in [6.45, 7) is 4.44. The van der Waals surface area contributed by atoms with Crippen LogP contribution in [-0.4, -0.2) is 37.5 Å². The fraction of sp³-hybridized carbons (Fsp3) is 0.562. The lowest BCUT2D eigenvalue weighted by Gasteiger charge is -2.31. The highest BCUT2D eigenvalue weighted by atomic mass is 35.5. The maximum atomic E-state index is 12.5. The number of carbonyl (C=O) groups excluding carboxylic acids is 1. The third-order valence-electron chi connectivity index (χ3n) is 4.14. The number of anilines is 1. The van der Waals surface area contributed by atoms with Crippen LogP contribution < -0.4 is 5.32 Å². The van der Waals surface area contributed by atoms with E-state index >= 15 is 0 Å². The van der Waals surface area contributed by atoms with E-state index in [1.165, 1.54) is 4.31 Å². The van der Waals surface area contributed by atoms with E-state index < -0.39 is 10.0 Å². The number of nitrogens with zero attached hydrogens (tertiary/aromatic N) is 1. The van der Waals surface area contributed by atoms with Gasteiger partial charge in [0.05, 0.1) is 11.7 Å². The molecule has 1 heterocycles. The summed E-state index contributed by atoms with van der Waals surface area (Å²) < 4.78 is 25.8. The molecule has 0 spiro atoms. The first-order valence-electron chi connectivity index (χ1n) is 7.89. The molecular weight excluding hydrogens is 336 g/mol. The van der Waals surface area contributed by atoms with Crippen LogP contribution in [-0.2, 0) is 14.8 Å². The van der Waals surface area contributed by atoms with Gasteiger partial charge in [-0.1, -0.05) is 24.6 Å². The lowest BCUT2D eigenvalue weighted by atomic mass is 9.98. The van der Waals surface area contributed by atoms with E-state index in [4.69, 9.17) is 11.6 Å². The number of hydrogen-bond acceptors (Lipinski definition) is 3. The Labute approximate surface area is 143 Å². The zero-order valence-electron chi connectivity index (χ0n) is 13.5. The predicted molar refractivity (Wildman–Crippen MR) is 93.2 cm³/mol. The number of rotatable bonds is 5. The second-order valence-electron chi connectivity index (χ2n) is 5.91. The molecule has 1 atom stereocenters. The van der Waals surface area contributed by atoms with Gasteiger partial charge in [-0.25, -0.2) is 12.7 Å². The summed E-state index contributed by atoms with van der Waals surface area (Å²) in [4.78, 5) is 12.5. The number of sulfonamides is 1. The fourth-order valence-electron chi connectivity index (χ4n) is 2.77. The van der Waals surface area contributed by atoms with Crippen molar-refractivity contribution >= 4 is 33.2 Å². The largest absolute Gasteiger partial charge is 0.326 e. The molecule has 23 heavy (non-hydrogen) atoms. The standard InChI is InChI=1S/C16H23ClN2O3S/c1-3-10-23(21,22)19-9-5-6-13(11-19)16(20)18-15-8-4-7-14(17)12(15)2/h4,7-8,13H,3,5-6,9-11H2,1-2H3,(H,18,20). The van der Waals surface area contributed by atoms with E-state index in [-0.39, 0.29) is 24.1 Å². The number of piperidine rings is 1. The topological polar surface area (TPSA) is 66.5 Å². The number of hydrogen-bond donors (Lipinski definition) is 1. The van der Waals surface area contributed by atoms with Crippen molar-refractivity contribution in [3.05, 3.63) is 28.8 Å². The number of amides is 1. The van der Waals surface area contributed by atoms with Gasteiger partial charge in [-0.2, -0.15) is 0 Å². The lowest BCUT2D eigenvalue weighted by Crippen LogP contribution is -2.44. The number of carbonyl (C=O) groups is 1. The van der Waals surface area contributed by atoms with Crippen molar-refractivity contribution in [1.82, 2.24) is 4.31 Å². The van der Waals surface area contributed by atoms with Crippen molar-refractivity contribution < 1.29 is 13.2 Å². The van der Waals surface area contributed by atoms with Crippen LogP contribution >= 0.6 is 11.6 Å². The third kappa shape index (κ3) is 4.46. The van der Waals surface area contributed by atoms with Crippen LogP contribution in [0.25, 0.3) is 0 Å². The van der Waals surface area contributed by atoms with Crippen molar-refractivity contribution in [2.75, 3.05) is 24.2 Å². The second kappa shape index (κ2) is 7.64. The molecule has 1 unspecified atom stereocenters. The van der Waals surface area contributed by atoms with Crippen molar-refractivity contribution in [2.24, 2.45) is 5.92 Å². The van der Waals surface area contributed by atoms with Gasteiger partial charge in [0.2, 0.25) is 15.9 Å². The maximum Gasteiger partial charge on any atom is 0.228 e. The van der Waals surface area contributed by atoms with Crippen molar-refractivity contribution in [1.29, 1.82) is 0 Å². The molecule has 1 amide bonds. The molecule has 1 fully saturated rings. The van der Waals surface area contributed by atoms with Gasteiger partial charge in [0, 0.05) is 23.8 Å². The van der Waals surface area contributed by atoms with Crippen LogP contribution in [0.1, 0.15) is 31.7 Å². The first kappa shape index (κ1) is 18.2. The Bertz CT molecular complexity index is 676. The molecule has 128 valence electrons. The van der Waals surface area contributed by atoms with Crippen LogP contribution in [0.15, 0.2) is 18.2 Å². The molecule has 1 aliphatic heterocycles. The number of halogens is 1. The van der Waals surface area contributed by atoms with Gasteiger partial charge in [0.25, 0.3) is 0 Å². The normalized spacial score (nSPS) is 19.5. The summed E-state index contributed by atoms with van der Waals surface area (Å²) in [5.41, 5.74) is 1.49. The summed E-state index contributed by atoms with van der Waals surface area (Å²) in [6.07, 6.45) is 1.98. The second-order valence-corrected chi connectivity index (χ2v) is 8.41. The minimum Gasteiger partial charge on any atom is -0.326 e. The van der Waals surface area contributed by atoms with E-state index in [0.29, 0.717) is 36.5 Å². The Hall–Kier alpha value is -1.11. The minimum absolute atomic E-state index is 0.134. The van der Waals surface area contributed by atoms with E-state index in [1.807, 2.05) is 13.8 Å². The van der Waals surface area contributed by atoms with Crippen molar-refractivity contribution in [2.45, 2.75) is 33.1 Å². The molecule has 0 bridgehead atoms. The van der Waals surface area contributed by atoms with Crippen LogP contribution in [0.4, 0.5) is 5.69 Å². The molecule has 0 radical (unpaired) electrons. The quantitative estimate of drug-likeness (QED) is 0.879. The van der Waals surface area contributed by atoms with Gasteiger partial charge in [-0.15, -0.1) is 0 Å². The number of nitrogens with one attached hydrogen (secondary N) is 1. The highest BCUT2D eigenvalue weighted by molar-refractivity contribution is 7.89. The van der Waals surface area contributed by atoms with Gasteiger partial charge in [0.1, 0.15) is 0 Å². The van der Waals surface area contributed by atoms with Gasteiger partial charge in [-0.3, -0.25) is 4.79 Å². The molecule has 1 N–H and O–H groups in total. The molecule has 0 aliphatic carbocycles. The highest BCUT2D eigenvalue weighted by Gasteiger charge is 2.31. The molecule has 0 aromatic heterocycles. The van der Waals surface area contributed by atoms with Crippen LogP contribution in [0.2, 0.25) is 5.02 Å². The molecule has 1 aromatic carbocycles. The average molecular weight is 359 g/mol. The molecule has 7 heteroatoms. The van der Waals surface area contributed by atoms with Gasteiger partial charge in [-0.05, 0) is 43.9 Å². The lowest BCUT2D eigenvalue weighted by molar-refractivity contribution is -0.120. The zero-order chi connectivity index (χ0) is 17.0. The molecular formula is C16H23ClN2O3S. The molecule has 2 rings (SSSR count). The highest BCUT2D eigenvalue weighted by Crippen LogP contribution is 2.25. The first-order chi connectivity index (χ1) is 10.8. The Morgan fingerprint density at radius 2 is 2.17 bits per heavy atom. The Morgan fingerprint density at radius 3 is 2.87 bits per heavy atom. The SMILES string of the molecule is CCCS(=O)(=O)N1CCCC(C(=O)Nc2cccc(Cl)c2C)C1.